The van der Waals surface area contributed by atoms with Crippen LogP contribution in [0.15, 0.2) is 6.07 Å². The molecule has 0 saturated carbocycles. The number of likely N-dealkylation sites (tertiary alicyclic amines) is 1. The minimum Gasteiger partial charge on any atom is -0.388 e. The molecule has 0 bridgehead atoms. The topological polar surface area (TPSA) is 45.5 Å². The molecule has 0 aromatic carbocycles. The molecule has 1 saturated heterocycles. The quantitative estimate of drug-likeness (QED) is 0.930. The maximum absolute atomic E-state index is 12.3. The van der Waals surface area contributed by atoms with E-state index in [1.807, 2.05) is 4.90 Å². The number of aromatic nitrogens is 1. The Hall–Kier alpha value is -1.29. The van der Waals surface area contributed by atoms with Gasteiger partial charge in [0.15, 0.2) is 0 Å². The predicted octanol–water partition coefficient (Wildman–Crippen LogP) is 2.57. The Morgan fingerprint density at radius 1 is 1.29 bits per heavy atom. The second-order valence-corrected chi connectivity index (χ2v) is 6.44. The van der Waals surface area contributed by atoms with E-state index in [4.69, 9.17) is 0 Å². The average Bonchev–Trinajstić information content (AvgIpc) is 2.83. The van der Waals surface area contributed by atoms with Crippen LogP contribution in [0, 0.1) is 6.92 Å². The summed E-state index contributed by atoms with van der Waals surface area (Å²) in [7, 11) is 0. The molecular formula is C17H26N2O2. The number of hydrogen-bond donors (Lipinski definition) is 1. The van der Waals surface area contributed by atoms with Crippen molar-refractivity contribution in [3.05, 3.63) is 23.0 Å². The zero-order valence-electron chi connectivity index (χ0n) is 13.0. The normalized spacial score (nSPS) is 22.2. The van der Waals surface area contributed by atoms with Gasteiger partial charge < -0.3 is 14.6 Å². The number of carbonyl (C=O) groups excluding carboxylic acids is 1. The van der Waals surface area contributed by atoms with E-state index in [-0.39, 0.29) is 12.0 Å². The van der Waals surface area contributed by atoms with E-state index >= 15 is 0 Å². The second kappa shape index (κ2) is 6.22. The van der Waals surface area contributed by atoms with Crippen LogP contribution in [0.5, 0.6) is 0 Å². The van der Waals surface area contributed by atoms with Crippen LogP contribution in [0.25, 0.3) is 0 Å². The number of carbonyl (C=O) groups is 1. The van der Waals surface area contributed by atoms with Gasteiger partial charge in [-0.15, -0.1) is 0 Å². The molecule has 1 aliphatic carbocycles. The van der Waals surface area contributed by atoms with E-state index in [1.165, 1.54) is 17.8 Å². The molecule has 1 amide bonds. The van der Waals surface area contributed by atoms with Crippen molar-refractivity contribution in [1.82, 2.24) is 9.47 Å². The monoisotopic (exact) mass is 290 g/mol. The minimum atomic E-state index is -0.313. The zero-order valence-corrected chi connectivity index (χ0v) is 13.0. The van der Waals surface area contributed by atoms with Crippen LogP contribution in [0.3, 0.4) is 0 Å². The van der Waals surface area contributed by atoms with Crippen molar-refractivity contribution in [3.63, 3.8) is 0 Å². The van der Waals surface area contributed by atoms with Crippen LogP contribution >= 0.6 is 0 Å². The number of aliphatic hydroxyl groups excluding tert-OH is 1. The van der Waals surface area contributed by atoms with E-state index in [0.29, 0.717) is 6.42 Å². The summed E-state index contributed by atoms with van der Waals surface area (Å²) >= 11 is 0. The molecule has 0 radical (unpaired) electrons. The number of fused-ring (bicyclic) bond motifs is 1. The fraction of sp³-hybridized carbons (Fsp3) is 0.706. The van der Waals surface area contributed by atoms with Crippen molar-refractivity contribution in [2.75, 3.05) is 13.1 Å². The van der Waals surface area contributed by atoms with Crippen LogP contribution in [0.4, 0.5) is 0 Å². The Labute approximate surface area is 126 Å². The molecule has 1 N–H and O–H groups in total. The maximum Gasteiger partial charge on any atom is 0.224 e. The summed E-state index contributed by atoms with van der Waals surface area (Å²) in [6.45, 7) is 4.69. The molecule has 2 aliphatic rings. The lowest BCUT2D eigenvalue weighted by Crippen LogP contribution is -2.36. The Kier molecular flexibility index (Phi) is 4.34. The van der Waals surface area contributed by atoms with Gasteiger partial charge in [-0.2, -0.15) is 0 Å². The van der Waals surface area contributed by atoms with Gasteiger partial charge in [0.25, 0.3) is 0 Å². The highest BCUT2D eigenvalue weighted by Crippen LogP contribution is 2.32. The first-order chi connectivity index (χ1) is 10.2. The lowest BCUT2D eigenvalue weighted by atomic mass is 9.95. The standard InChI is InChI=1S/C17H26N2O2/c1-13-12-14-15(6-5-7-16(14)20)19(13)11-8-17(21)18-9-3-2-4-10-18/h12,16,20H,2-11H2,1H3. The molecule has 1 aromatic rings. The Bertz CT molecular complexity index is 515. The van der Waals surface area contributed by atoms with E-state index in [1.54, 1.807) is 0 Å². The number of aryl methyl sites for hydroxylation is 1. The maximum atomic E-state index is 12.3. The molecule has 1 aromatic heterocycles. The van der Waals surface area contributed by atoms with Crippen LogP contribution in [-0.2, 0) is 17.8 Å². The van der Waals surface area contributed by atoms with Crippen molar-refractivity contribution in [2.24, 2.45) is 0 Å². The lowest BCUT2D eigenvalue weighted by molar-refractivity contribution is -0.132. The highest BCUT2D eigenvalue weighted by atomic mass is 16.3. The molecule has 1 fully saturated rings. The van der Waals surface area contributed by atoms with Gasteiger partial charge in [-0.05, 0) is 51.5 Å². The smallest absolute Gasteiger partial charge is 0.224 e. The van der Waals surface area contributed by atoms with Gasteiger partial charge in [-0.25, -0.2) is 0 Å². The molecule has 0 spiro atoms. The molecule has 1 unspecified atom stereocenters. The number of nitrogens with zero attached hydrogens (tertiary/aromatic N) is 2. The summed E-state index contributed by atoms with van der Waals surface area (Å²) in [6.07, 6.45) is 6.75. The van der Waals surface area contributed by atoms with Crippen LogP contribution < -0.4 is 0 Å². The Morgan fingerprint density at radius 3 is 2.81 bits per heavy atom. The van der Waals surface area contributed by atoms with Crippen molar-refractivity contribution in [2.45, 2.75) is 64.5 Å². The number of amides is 1. The predicted molar refractivity (Wildman–Crippen MR) is 82.1 cm³/mol. The second-order valence-electron chi connectivity index (χ2n) is 6.44. The zero-order chi connectivity index (χ0) is 14.8. The third-order valence-electron chi connectivity index (χ3n) is 4.96. The van der Waals surface area contributed by atoms with Gasteiger partial charge >= 0.3 is 0 Å². The van der Waals surface area contributed by atoms with E-state index < -0.39 is 0 Å². The Morgan fingerprint density at radius 2 is 2.05 bits per heavy atom. The first-order valence-electron chi connectivity index (χ1n) is 8.31. The third kappa shape index (κ3) is 3.00. The summed E-state index contributed by atoms with van der Waals surface area (Å²) in [5.74, 6) is 0.285. The number of hydrogen-bond acceptors (Lipinski definition) is 2. The molecule has 4 heteroatoms. The molecule has 116 valence electrons. The minimum absolute atomic E-state index is 0.285. The van der Waals surface area contributed by atoms with E-state index in [2.05, 4.69) is 17.6 Å². The number of aliphatic hydroxyl groups is 1. The number of rotatable bonds is 3. The molecule has 1 atom stereocenters. The van der Waals surface area contributed by atoms with Crippen molar-refractivity contribution in [1.29, 1.82) is 0 Å². The summed E-state index contributed by atoms with van der Waals surface area (Å²) < 4.78 is 2.25. The fourth-order valence-electron chi connectivity index (χ4n) is 3.76. The van der Waals surface area contributed by atoms with Crippen LogP contribution in [0.2, 0.25) is 0 Å². The molecule has 2 heterocycles. The van der Waals surface area contributed by atoms with Gasteiger partial charge in [-0.3, -0.25) is 4.79 Å². The SMILES string of the molecule is Cc1cc2c(n1CCC(=O)N1CCCCC1)CCCC2O. The summed E-state index contributed by atoms with van der Waals surface area (Å²) in [6, 6.07) is 2.10. The molecule has 3 rings (SSSR count). The van der Waals surface area contributed by atoms with Gasteiger partial charge in [0.2, 0.25) is 5.91 Å². The van der Waals surface area contributed by atoms with Crippen molar-refractivity contribution < 1.29 is 9.90 Å². The lowest BCUT2D eigenvalue weighted by Gasteiger charge is -2.27. The van der Waals surface area contributed by atoms with E-state index in [9.17, 15) is 9.90 Å². The van der Waals surface area contributed by atoms with E-state index in [0.717, 1.165) is 57.3 Å². The molecule has 4 nitrogen and oxygen atoms in total. The summed E-state index contributed by atoms with van der Waals surface area (Å²) in [5, 5.41) is 10.1. The third-order valence-corrected chi connectivity index (χ3v) is 4.96. The van der Waals surface area contributed by atoms with Crippen molar-refractivity contribution >= 4 is 5.91 Å². The Balaban J connectivity index is 1.66. The summed E-state index contributed by atoms with van der Waals surface area (Å²) in [4.78, 5) is 14.3. The van der Waals surface area contributed by atoms with Gasteiger partial charge in [-0.1, -0.05) is 0 Å². The van der Waals surface area contributed by atoms with Crippen LogP contribution in [0.1, 0.15) is 61.6 Å². The fourth-order valence-corrected chi connectivity index (χ4v) is 3.76. The van der Waals surface area contributed by atoms with Gasteiger partial charge in [0.05, 0.1) is 6.10 Å². The first-order valence-corrected chi connectivity index (χ1v) is 8.31. The highest BCUT2D eigenvalue weighted by molar-refractivity contribution is 5.76. The van der Waals surface area contributed by atoms with Crippen molar-refractivity contribution in [3.8, 4) is 0 Å². The number of piperidine rings is 1. The summed E-state index contributed by atoms with van der Waals surface area (Å²) in [5.41, 5.74) is 3.51. The average molecular weight is 290 g/mol. The van der Waals surface area contributed by atoms with Crippen LogP contribution in [-0.4, -0.2) is 33.6 Å². The molecular weight excluding hydrogens is 264 g/mol. The highest BCUT2D eigenvalue weighted by Gasteiger charge is 2.24. The van der Waals surface area contributed by atoms with Gasteiger partial charge in [0, 0.05) is 43.0 Å². The molecule has 21 heavy (non-hydrogen) atoms. The largest absolute Gasteiger partial charge is 0.388 e. The van der Waals surface area contributed by atoms with Gasteiger partial charge in [0.1, 0.15) is 0 Å². The first kappa shape index (κ1) is 14.6. The molecule has 1 aliphatic heterocycles.